The van der Waals surface area contributed by atoms with Crippen molar-refractivity contribution in [1.82, 2.24) is 4.98 Å². The lowest BCUT2D eigenvalue weighted by atomic mass is 10.2. The molecule has 0 aliphatic rings. The van der Waals surface area contributed by atoms with Crippen molar-refractivity contribution >= 4 is 28.9 Å². The smallest absolute Gasteiger partial charge is 0.0652 e. The number of nitrogens with zero attached hydrogens (tertiary/aromatic N) is 1. The second kappa shape index (κ2) is 5.39. The molecule has 0 saturated heterocycles. The molecule has 0 fully saturated rings. The number of hydrogen-bond donors (Lipinski definition) is 1. The molecule has 2 rings (SSSR count). The normalized spacial score (nSPS) is 10.3. The van der Waals surface area contributed by atoms with Crippen LogP contribution in [0.1, 0.15) is 11.3 Å². The van der Waals surface area contributed by atoms with Crippen LogP contribution in [0.15, 0.2) is 36.5 Å². The number of rotatable bonds is 3. The number of benzene rings is 1. The number of aromatic nitrogens is 1. The fraction of sp³-hybridized carbons (Fsp3) is 0.154. The van der Waals surface area contributed by atoms with E-state index < -0.39 is 0 Å². The number of aryl methyl sites for hydroxylation is 1. The first-order valence-electron chi connectivity index (χ1n) is 5.25. The fourth-order valence-electron chi connectivity index (χ4n) is 1.43. The van der Waals surface area contributed by atoms with Crippen LogP contribution in [-0.4, -0.2) is 4.98 Å². The number of hydrogen-bond acceptors (Lipinski definition) is 2. The SMILES string of the molecule is Cc1ccc(CNc2ccc(Cl)cc2Cl)cn1. The van der Waals surface area contributed by atoms with Crippen LogP contribution in [0.2, 0.25) is 10.0 Å². The first-order valence-corrected chi connectivity index (χ1v) is 6.01. The van der Waals surface area contributed by atoms with Gasteiger partial charge in [0.05, 0.1) is 10.7 Å². The summed E-state index contributed by atoms with van der Waals surface area (Å²) in [6, 6.07) is 9.42. The van der Waals surface area contributed by atoms with E-state index in [9.17, 15) is 0 Å². The van der Waals surface area contributed by atoms with E-state index in [1.807, 2.05) is 37.4 Å². The molecule has 4 heteroatoms. The minimum absolute atomic E-state index is 0.623. The van der Waals surface area contributed by atoms with Crippen LogP contribution in [0.5, 0.6) is 0 Å². The van der Waals surface area contributed by atoms with Crippen LogP contribution in [0, 0.1) is 6.92 Å². The van der Waals surface area contributed by atoms with Crippen LogP contribution >= 0.6 is 23.2 Å². The van der Waals surface area contributed by atoms with Gasteiger partial charge in [0.25, 0.3) is 0 Å². The quantitative estimate of drug-likeness (QED) is 0.896. The average molecular weight is 267 g/mol. The molecule has 0 bridgehead atoms. The predicted molar refractivity (Wildman–Crippen MR) is 72.8 cm³/mol. The lowest BCUT2D eigenvalue weighted by molar-refractivity contribution is 1.09. The Hall–Kier alpha value is -1.25. The van der Waals surface area contributed by atoms with Crippen molar-refractivity contribution in [2.45, 2.75) is 13.5 Å². The van der Waals surface area contributed by atoms with Gasteiger partial charge in [-0.25, -0.2) is 0 Å². The predicted octanol–water partition coefficient (Wildman–Crippen LogP) is 4.31. The van der Waals surface area contributed by atoms with E-state index in [2.05, 4.69) is 10.3 Å². The zero-order valence-corrected chi connectivity index (χ0v) is 10.9. The van der Waals surface area contributed by atoms with E-state index in [4.69, 9.17) is 23.2 Å². The summed E-state index contributed by atoms with van der Waals surface area (Å²) in [7, 11) is 0. The molecule has 1 N–H and O–H groups in total. The van der Waals surface area contributed by atoms with Crippen molar-refractivity contribution in [3.05, 3.63) is 57.8 Å². The molecule has 0 spiro atoms. The number of nitrogens with one attached hydrogen (secondary N) is 1. The van der Waals surface area contributed by atoms with Gasteiger partial charge in [-0.1, -0.05) is 29.3 Å². The number of anilines is 1. The Bertz CT molecular complexity index is 509. The Morgan fingerprint density at radius 2 is 2.00 bits per heavy atom. The monoisotopic (exact) mass is 266 g/mol. The van der Waals surface area contributed by atoms with Crippen LogP contribution in [0.25, 0.3) is 0 Å². The topological polar surface area (TPSA) is 24.9 Å². The summed E-state index contributed by atoms with van der Waals surface area (Å²) in [5.41, 5.74) is 3.00. The van der Waals surface area contributed by atoms with Crippen LogP contribution in [0.4, 0.5) is 5.69 Å². The highest BCUT2D eigenvalue weighted by molar-refractivity contribution is 6.36. The highest BCUT2D eigenvalue weighted by atomic mass is 35.5. The first kappa shape index (κ1) is 12.2. The molecule has 0 radical (unpaired) electrons. The molecule has 1 aromatic heterocycles. The molecular weight excluding hydrogens is 255 g/mol. The summed E-state index contributed by atoms with van der Waals surface area (Å²) < 4.78 is 0. The Kier molecular flexibility index (Phi) is 3.87. The van der Waals surface area contributed by atoms with Gasteiger partial charge in [-0.15, -0.1) is 0 Å². The molecule has 0 unspecified atom stereocenters. The molecule has 0 aliphatic heterocycles. The summed E-state index contributed by atoms with van der Waals surface area (Å²) in [4.78, 5) is 4.23. The number of halogens is 2. The highest BCUT2D eigenvalue weighted by Crippen LogP contribution is 2.25. The van der Waals surface area contributed by atoms with Crippen molar-refractivity contribution in [2.75, 3.05) is 5.32 Å². The third-order valence-electron chi connectivity index (χ3n) is 2.39. The Balaban J connectivity index is 2.04. The minimum Gasteiger partial charge on any atom is -0.380 e. The summed E-state index contributed by atoms with van der Waals surface area (Å²) in [5.74, 6) is 0. The first-order chi connectivity index (χ1) is 8.15. The largest absolute Gasteiger partial charge is 0.380 e. The Labute approximate surface area is 111 Å². The fourth-order valence-corrected chi connectivity index (χ4v) is 1.91. The van der Waals surface area contributed by atoms with Crippen molar-refractivity contribution in [3.8, 4) is 0 Å². The minimum atomic E-state index is 0.623. The zero-order valence-electron chi connectivity index (χ0n) is 9.37. The third-order valence-corrected chi connectivity index (χ3v) is 2.93. The molecule has 2 nitrogen and oxygen atoms in total. The van der Waals surface area contributed by atoms with Gasteiger partial charge < -0.3 is 5.32 Å². The molecule has 1 aromatic carbocycles. The lowest BCUT2D eigenvalue weighted by Gasteiger charge is -2.08. The van der Waals surface area contributed by atoms with Gasteiger partial charge in [0.15, 0.2) is 0 Å². The lowest BCUT2D eigenvalue weighted by Crippen LogP contribution is -2.00. The maximum atomic E-state index is 6.06. The highest BCUT2D eigenvalue weighted by Gasteiger charge is 2.01. The van der Waals surface area contributed by atoms with E-state index in [1.54, 1.807) is 6.07 Å². The molecular formula is C13H12Cl2N2. The second-order valence-corrected chi connectivity index (χ2v) is 4.63. The number of pyridine rings is 1. The van der Waals surface area contributed by atoms with E-state index in [0.29, 0.717) is 16.6 Å². The van der Waals surface area contributed by atoms with Crippen molar-refractivity contribution in [1.29, 1.82) is 0 Å². The van der Waals surface area contributed by atoms with E-state index in [0.717, 1.165) is 16.9 Å². The maximum absolute atomic E-state index is 6.06. The molecule has 0 aliphatic carbocycles. The van der Waals surface area contributed by atoms with Crippen LogP contribution < -0.4 is 5.32 Å². The summed E-state index contributed by atoms with van der Waals surface area (Å²) in [6.07, 6.45) is 1.85. The molecule has 88 valence electrons. The molecule has 2 aromatic rings. The van der Waals surface area contributed by atoms with Gasteiger partial charge in [0.2, 0.25) is 0 Å². The third kappa shape index (κ3) is 3.35. The maximum Gasteiger partial charge on any atom is 0.0652 e. The summed E-state index contributed by atoms with van der Waals surface area (Å²) in [5, 5.41) is 4.50. The molecule has 0 amide bonds. The second-order valence-electron chi connectivity index (χ2n) is 3.79. The summed E-state index contributed by atoms with van der Waals surface area (Å²) in [6.45, 7) is 2.65. The van der Waals surface area contributed by atoms with Gasteiger partial charge in [-0.2, -0.15) is 0 Å². The van der Waals surface area contributed by atoms with E-state index in [-0.39, 0.29) is 0 Å². The molecule has 0 saturated carbocycles. The van der Waals surface area contributed by atoms with Gasteiger partial charge in [-0.3, -0.25) is 4.98 Å². The average Bonchev–Trinajstić information content (AvgIpc) is 2.30. The van der Waals surface area contributed by atoms with Gasteiger partial charge in [-0.05, 0) is 36.8 Å². The summed E-state index contributed by atoms with van der Waals surface area (Å²) >= 11 is 11.9. The van der Waals surface area contributed by atoms with E-state index >= 15 is 0 Å². The van der Waals surface area contributed by atoms with Gasteiger partial charge in [0.1, 0.15) is 0 Å². The van der Waals surface area contributed by atoms with Crippen LogP contribution in [0.3, 0.4) is 0 Å². The van der Waals surface area contributed by atoms with Gasteiger partial charge in [0, 0.05) is 23.5 Å². The van der Waals surface area contributed by atoms with Crippen molar-refractivity contribution < 1.29 is 0 Å². The Morgan fingerprint density at radius 1 is 1.18 bits per heavy atom. The van der Waals surface area contributed by atoms with Crippen molar-refractivity contribution in [2.24, 2.45) is 0 Å². The molecule has 0 atom stereocenters. The zero-order chi connectivity index (χ0) is 12.3. The Morgan fingerprint density at radius 3 is 2.65 bits per heavy atom. The molecule has 1 heterocycles. The standard InChI is InChI=1S/C13H12Cl2N2/c1-9-2-3-10(7-16-9)8-17-13-5-4-11(14)6-12(13)15/h2-7,17H,8H2,1H3. The van der Waals surface area contributed by atoms with E-state index in [1.165, 1.54) is 0 Å². The van der Waals surface area contributed by atoms with Crippen molar-refractivity contribution in [3.63, 3.8) is 0 Å². The van der Waals surface area contributed by atoms with Crippen LogP contribution in [-0.2, 0) is 6.54 Å². The van der Waals surface area contributed by atoms with Gasteiger partial charge >= 0.3 is 0 Å². The molecule has 17 heavy (non-hydrogen) atoms.